The average molecular weight is 205 g/mol. The van der Waals surface area contributed by atoms with E-state index in [0.717, 1.165) is 0 Å². The molecule has 1 saturated heterocycles. The number of Topliss-reactive ketones (excluding diaryl/α,β-unsaturated/α-hetero) is 1. The summed E-state index contributed by atoms with van der Waals surface area (Å²) in [5.74, 6) is -2.96. The molecule has 5 heteroatoms. The van der Waals surface area contributed by atoms with Gasteiger partial charge in [0.25, 0.3) is 5.92 Å². The van der Waals surface area contributed by atoms with E-state index in [0.29, 0.717) is 25.7 Å². The molecule has 0 aromatic heterocycles. The fraction of sp³-hybridized carbons (Fsp3) is 0.889. The highest BCUT2D eigenvalue weighted by atomic mass is 19.3. The zero-order chi connectivity index (χ0) is 10.4. The Labute approximate surface area is 80.5 Å². The van der Waals surface area contributed by atoms with Gasteiger partial charge in [0, 0.05) is 12.8 Å². The zero-order valence-electron chi connectivity index (χ0n) is 7.72. The van der Waals surface area contributed by atoms with Crippen LogP contribution in [0.2, 0.25) is 0 Å². The Morgan fingerprint density at radius 2 is 1.93 bits per heavy atom. The van der Waals surface area contributed by atoms with Gasteiger partial charge in [0.1, 0.15) is 11.9 Å². The second kappa shape index (κ2) is 2.97. The summed E-state index contributed by atoms with van der Waals surface area (Å²) in [5.41, 5.74) is -0.919. The Bertz CT molecular complexity index is 258. The van der Waals surface area contributed by atoms with Crippen molar-refractivity contribution in [3.8, 4) is 0 Å². The molecular formula is C9H13F2NO2. The molecule has 14 heavy (non-hydrogen) atoms. The fourth-order valence-electron chi connectivity index (χ4n) is 2.32. The fourth-order valence-corrected chi connectivity index (χ4v) is 2.32. The number of nitrogens with one attached hydrogen (secondary N) is 1. The maximum atomic E-state index is 13.1. The number of aliphatic hydroxyl groups is 1. The SMILES string of the molecule is O=C1CCC2(CC1)NCC(F)(F)C2O. The summed E-state index contributed by atoms with van der Waals surface area (Å²) in [7, 11) is 0. The summed E-state index contributed by atoms with van der Waals surface area (Å²) in [6, 6.07) is 0. The first-order valence-electron chi connectivity index (χ1n) is 4.79. The lowest BCUT2D eigenvalue weighted by molar-refractivity contribution is -0.126. The van der Waals surface area contributed by atoms with Gasteiger partial charge in [-0.05, 0) is 12.8 Å². The van der Waals surface area contributed by atoms with Crippen LogP contribution in [0.5, 0.6) is 0 Å². The predicted molar refractivity (Wildman–Crippen MR) is 45.2 cm³/mol. The summed E-state index contributed by atoms with van der Waals surface area (Å²) in [4.78, 5) is 11.0. The molecular weight excluding hydrogens is 192 g/mol. The molecule has 1 saturated carbocycles. The molecule has 1 heterocycles. The minimum atomic E-state index is -3.06. The monoisotopic (exact) mass is 205 g/mol. The second-order valence-corrected chi connectivity index (χ2v) is 4.21. The highest BCUT2D eigenvalue weighted by Crippen LogP contribution is 2.40. The second-order valence-electron chi connectivity index (χ2n) is 4.21. The first-order chi connectivity index (χ1) is 6.46. The number of hydrogen-bond donors (Lipinski definition) is 2. The third-order valence-corrected chi connectivity index (χ3v) is 3.30. The van der Waals surface area contributed by atoms with Crippen molar-refractivity contribution in [3.05, 3.63) is 0 Å². The average Bonchev–Trinajstić information content (AvgIpc) is 2.36. The van der Waals surface area contributed by atoms with Crippen LogP contribution in [-0.4, -0.2) is 35.0 Å². The standard InChI is InChI=1S/C9H13F2NO2/c10-9(11)5-12-8(7(9)14)3-1-6(13)2-4-8/h7,12,14H,1-5H2. The highest BCUT2D eigenvalue weighted by molar-refractivity contribution is 5.79. The predicted octanol–water partition coefficient (Wildman–Crippen LogP) is 0.468. The number of aliphatic hydroxyl groups excluding tert-OH is 1. The lowest BCUT2D eigenvalue weighted by Gasteiger charge is -2.36. The summed E-state index contributed by atoms with van der Waals surface area (Å²) in [6.07, 6.45) is -0.422. The summed E-state index contributed by atoms with van der Waals surface area (Å²) < 4.78 is 26.1. The minimum Gasteiger partial charge on any atom is -0.385 e. The van der Waals surface area contributed by atoms with Crippen molar-refractivity contribution >= 4 is 5.78 Å². The molecule has 2 rings (SSSR count). The molecule has 80 valence electrons. The van der Waals surface area contributed by atoms with Gasteiger partial charge in [0.05, 0.1) is 12.1 Å². The molecule has 0 aromatic carbocycles. The lowest BCUT2D eigenvalue weighted by atomic mass is 9.78. The number of hydrogen-bond acceptors (Lipinski definition) is 3. The van der Waals surface area contributed by atoms with Gasteiger partial charge in [0.2, 0.25) is 0 Å². The molecule has 0 amide bonds. The lowest BCUT2D eigenvalue weighted by Crippen LogP contribution is -2.52. The number of halogens is 2. The van der Waals surface area contributed by atoms with Crippen molar-refractivity contribution in [2.45, 2.75) is 43.2 Å². The van der Waals surface area contributed by atoms with E-state index in [1.807, 2.05) is 0 Å². The molecule has 1 aliphatic carbocycles. The summed E-state index contributed by atoms with van der Waals surface area (Å²) in [6.45, 7) is -0.484. The van der Waals surface area contributed by atoms with Crippen LogP contribution in [0.25, 0.3) is 0 Å². The highest BCUT2D eigenvalue weighted by Gasteiger charge is 2.58. The molecule has 1 spiro atoms. The van der Waals surface area contributed by atoms with Gasteiger partial charge < -0.3 is 10.4 Å². The molecule has 1 aliphatic heterocycles. The molecule has 1 unspecified atom stereocenters. The first-order valence-corrected chi connectivity index (χ1v) is 4.79. The van der Waals surface area contributed by atoms with Crippen LogP contribution in [0.1, 0.15) is 25.7 Å². The van der Waals surface area contributed by atoms with E-state index in [1.165, 1.54) is 0 Å². The molecule has 2 fully saturated rings. The largest absolute Gasteiger partial charge is 0.385 e. The number of ketones is 1. The summed E-state index contributed by atoms with van der Waals surface area (Å²) >= 11 is 0. The third kappa shape index (κ3) is 1.35. The van der Waals surface area contributed by atoms with E-state index in [1.54, 1.807) is 0 Å². The van der Waals surface area contributed by atoms with Crippen LogP contribution < -0.4 is 5.32 Å². The van der Waals surface area contributed by atoms with Crippen LogP contribution in [0.4, 0.5) is 8.78 Å². The van der Waals surface area contributed by atoms with Crippen LogP contribution in [0.15, 0.2) is 0 Å². The zero-order valence-corrected chi connectivity index (χ0v) is 7.72. The van der Waals surface area contributed by atoms with Crippen molar-refractivity contribution in [2.75, 3.05) is 6.54 Å². The molecule has 0 radical (unpaired) electrons. The van der Waals surface area contributed by atoms with E-state index in [4.69, 9.17) is 0 Å². The molecule has 2 N–H and O–H groups in total. The van der Waals surface area contributed by atoms with Gasteiger partial charge in [-0.1, -0.05) is 0 Å². The smallest absolute Gasteiger partial charge is 0.287 e. The van der Waals surface area contributed by atoms with E-state index in [2.05, 4.69) is 5.32 Å². The van der Waals surface area contributed by atoms with E-state index >= 15 is 0 Å². The number of rotatable bonds is 0. The number of carbonyl (C=O) groups is 1. The van der Waals surface area contributed by atoms with Gasteiger partial charge in [-0.25, -0.2) is 8.78 Å². The minimum absolute atomic E-state index is 0.0971. The topological polar surface area (TPSA) is 49.3 Å². The Hall–Kier alpha value is -0.550. The molecule has 0 bridgehead atoms. The van der Waals surface area contributed by atoms with Crippen molar-refractivity contribution in [3.63, 3.8) is 0 Å². The number of carbonyl (C=O) groups excluding carboxylic acids is 1. The van der Waals surface area contributed by atoms with E-state index < -0.39 is 24.1 Å². The maximum Gasteiger partial charge on any atom is 0.287 e. The van der Waals surface area contributed by atoms with Crippen LogP contribution in [0, 0.1) is 0 Å². The van der Waals surface area contributed by atoms with Gasteiger partial charge >= 0.3 is 0 Å². The summed E-state index contributed by atoms with van der Waals surface area (Å²) in [5, 5.41) is 12.2. The van der Waals surface area contributed by atoms with Crippen molar-refractivity contribution in [1.29, 1.82) is 0 Å². The molecule has 2 aliphatic rings. The Kier molecular flexibility index (Phi) is 2.12. The van der Waals surface area contributed by atoms with Gasteiger partial charge in [-0.15, -0.1) is 0 Å². The van der Waals surface area contributed by atoms with E-state index in [-0.39, 0.29) is 5.78 Å². The molecule has 3 nitrogen and oxygen atoms in total. The van der Waals surface area contributed by atoms with Crippen LogP contribution in [-0.2, 0) is 4.79 Å². The quantitative estimate of drug-likeness (QED) is 0.604. The third-order valence-electron chi connectivity index (χ3n) is 3.30. The first kappa shape index (κ1) is 9.98. The van der Waals surface area contributed by atoms with Gasteiger partial charge in [0.15, 0.2) is 0 Å². The van der Waals surface area contributed by atoms with Gasteiger partial charge in [-0.2, -0.15) is 0 Å². The molecule has 1 atom stereocenters. The Balaban J connectivity index is 2.15. The Morgan fingerprint density at radius 1 is 1.36 bits per heavy atom. The van der Waals surface area contributed by atoms with Crippen molar-refractivity contribution in [2.24, 2.45) is 0 Å². The van der Waals surface area contributed by atoms with Crippen molar-refractivity contribution in [1.82, 2.24) is 5.32 Å². The Morgan fingerprint density at radius 3 is 2.36 bits per heavy atom. The maximum absolute atomic E-state index is 13.1. The van der Waals surface area contributed by atoms with E-state index in [9.17, 15) is 18.7 Å². The molecule has 0 aromatic rings. The van der Waals surface area contributed by atoms with Crippen LogP contribution in [0.3, 0.4) is 0 Å². The van der Waals surface area contributed by atoms with Crippen LogP contribution >= 0.6 is 0 Å². The number of alkyl halides is 2. The normalized spacial score (nSPS) is 35.1. The van der Waals surface area contributed by atoms with Crippen molar-refractivity contribution < 1.29 is 18.7 Å². The van der Waals surface area contributed by atoms with Gasteiger partial charge in [-0.3, -0.25) is 4.79 Å².